The normalized spacial score (nSPS) is 32.0. The molecule has 0 saturated heterocycles. The molecule has 0 aromatic heterocycles. The summed E-state index contributed by atoms with van der Waals surface area (Å²) in [4.78, 5) is 0. The van der Waals surface area contributed by atoms with Crippen LogP contribution >= 0.6 is 0 Å². The first kappa shape index (κ1) is 9.29. The van der Waals surface area contributed by atoms with Gasteiger partial charge in [-0.3, -0.25) is 0 Å². The Morgan fingerprint density at radius 3 is 2.22 bits per heavy atom. The number of hydrogen-bond donors (Lipinski definition) is 0. The van der Waals surface area contributed by atoms with Gasteiger partial charge in [-0.25, -0.2) is 0 Å². The standard InChI is InChI=1S/C7H12Si.Li/c1-6-4-3-5-7(6,2)8;/h3-5H,1-2,8H3;. The fourth-order valence-electron chi connectivity index (χ4n) is 0.779. The van der Waals surface area contributed by atoms with Crippen LogP contribution in [0.2, 0.25) is 5.04 Å². The summed E-state index contributed by atoms with van der Waals surface area (Å²) in [5.41, 5.74) is 1.52. The van der Waals surface area contributed by atoms with Crippen molar-refractivity contribution in [3.63, 3.8) is 0 Å². The average Bonchev–Trinajstić information content (AvgIpc) is 1.86. The molecule has 45 valence electrons. The van der Waals surface area contributed by atoms with E-state index in [2.05, 4.69) is 32.1 Å². The van der Waals surface area contributed by atoms with E-state index in [0.717, 1.165) is 0 Å². The molecule has 0 aromatic carbocycles. The minimum absolute atomic E-state index is 0. The van der Waals surface area contributed by atoms with E-state index in [1.807, 2.05) is 0 Å². The van der Waals surface area contributed by atoms with Crippen molar-refractivity contribution >= 4 is 29.1 Å². The van der Waals surface area contributed by atoms with Gasteiger partial charge in [-0.1, -0.05) is 30.7 Å². The molecule has 1 atom stereocenters. The van der Waals surface area contributed by atoms with Gasteiger partial charge >= 0.3 is 0 Å². The maximum absolute atomic E-state index is 2.29. The van der Waals surface area contributed by atoms with Gasteiger partial charge in [0, 0.05) is 29.1 Å². The monoisotopic (exact) mass is 131 g/mol. The first-order valence-electron chi connectivity index (χ1n) is 2.99. The van der Waals surface area contributed by atoms with Crippen molar-refractivity contribution in [1.82, 2.24) is 0 Å². The predicted octanol–water partition coefficient (Wildman–Crippen LogP) is 0.666. The molecule has 0 spiro atoms. The third kappa shape index (κ3) is 1.86. The van der Waals surface area contributed by atoms with Crippen LogP contribution in [0.25, 0.3) is 0 Å². The topological polar surface area (TPSA) is 0 Å². The Balaban J connectivity index is 0.000000640. The second kappa shape index (κ2) is 2.92. The van der Waals surface area contributed by atoms with E-state index in [1.54, 1.807) is 0 Å². The summed E-state index contributed by atoms with van der Waals surface area (Å²) in [6.45, 7) is 4.49. The van der Waals surface area contributed by atoms with Gasteiger partial charge in [0.05, 0.1) is 0 Å². The zero-order chi connectivity index (χ0) is 6.20. The molecule has 0 heterocycles. The van der Waals surface area contributed by atoms with Crippen molar-refractivity contribution in [3.05, 3.63) is 23.8 Å². The third-order valence-corrected chi connectivity index (χ3v) is 3.00. The molecule has 0 saturated carbocycles. The zero-order valence-electron chi connectivity index (χ0n) is 6.73. The Kier molecular flexibility index (Phi) is 3.02. The number of hydrogen-bond acceptors (Lipinski definition) is 0. The minimum atomic E-state index is 0. The molecule has 2 heteroatoms. The predicted molar refractivity (Wildman–Crippen MR) is 47.0 cm³/mol. The second-order valence-corrected chi connectivity index (χ2v) is 5.01. The first-order valence-corrected chi connectivity index (χ1v) is 3.99. The van der Waals surface area contributed by atoms with Gasteiger partial charge in [-0.05, 0) is 12.0 Å². The summed E-state index contributed by atoms with van der Waals surface area (Å²) >= 11 is 0. The van der Waals surface area contributed by atoms with E-state index in [1.165, 1.54) is 15.8 Å². The van der Waals surface area contributed by atoms with E-state index in [4.69, 9.17) is 0 Å². The van der Waals surface area contributed by atoms with Crippen LogP contribution in [0, 0.1) is 0 Å². The van der Waals surface area contributed by atoms with Crippen LogP contribution in [0.5, 0.6) is 0 Å². The molecule has 0 aromatic rings. The molecule has 1 radical (unpaired) electrons. The molecule has 0 bridgehead atoms. The largest absolute Gasteiger partial charge is 0.0783 e. The SMILES string of the molecule is CC1=CC=CC1(C)[SiH3].[Li]. The maximum Gasteiger partial charge on any atom is 0.0202 e. The molecule has 0 amide bonds. The van der Waals surface area contributed by atoms with E-state index in [-0.39, 0.29) is 18.9 Å². The molecule has 1 aliphatic carbocycles. The van der Waals surface area contributed by atoms with Crippen LogP contribution < -0.4 is 0 Å². The van der Waals surface area contributed by atoms with Crippen LogP contribution in [0.3, 0.4) is 0 Å². The Hall–Kier alpha value is 0.294. The van der Waals surface area contributed by atoms with Crippen LogP contribution in [-0.4, -0.2) is 29.1 Å². The molecule has 0 fully saturated rings. The summed E-state index contributed by atoms with van der Waals surface area (Å²) in [7, 11) is 1.24. The minimum Gasteiger partial charge on any atom is -0.0783 e. The Bertz CT molecular complexity index is 156. The summed E-state index contributed by atoms with van der Waals surface area (Å²) in [5, 5.41) is 0.472. The van der Waals surface area contributed by atoms with Crippen molar-refractivity contribution in [3.8, 4) is 0 Å². The van der Waals surface area contributed by atoms with Crippen molar-refractivity contribution in [2.75, 3.05) is 0 Å². The van der Waals surface area contributed by atoms with E-state index in [0.29, 0.717) is 5.04 Å². The molecule has 0 nitrogen and oxygen atoms in total. The Labute approximate surface area is 72.0 Å². The van der Waals surface area contributed by atoms with Crippen molar-refractivity contribution in [2.24, 2.45) is 0 Å². The first-order chi connectivity index (χ1) is 3.63. The van der Waals surface area contributed by atoms with Gasteiger partial charge in [-0.2, -0.15) is 0 Å². The number of allylic oxidation sites excluding steroid dienone is 4. The van der Waals surface area contributed by atoms with Crippen LogP contribution in [0.1, 0.15) is 13.8 Å². The third-order valence-electron chi connectivity index (χ3n) is 1.88. The molecular formula is C7H12LiSi. The van der Waals surface area contributed by atoms with E-state index in [9.17, 15) is 0 Å². The van der Waals surface area contributed by atoms with Gasteiger partial charge in [0.1, 0.15) is 0 Å². The molecule has 1 aliphatic rings. The summed E-state index contributed by atoms with van der Waals surface area (Å²) in [5.74, 6) is 0. The molecule has 9 heavy (non-hydrogen) atoms. The average molecular weight is 131 g/mol. The summed E-state index contributed by atoms with van der Waals surface area (Å²) in [6, 6.07) is 0. The molecule has 0 aliphatic heterocycles. The smallest absolute Gasteiger partial charge is 0.0202 e. The Morgan fingerprint density at radius 2 is 2.11 bits per heavy atom. The zero-order valence-corrected chi connectivity index (χ0v) is 8.73. The number of rotatable bonds is 0. The van der Waals surface area contributed by atoms with Gasteiger partial charge in [0.2, 0.25) is 0 Å². The Morgan fingerprint density at radius 1 is 1.56 bits per heavy atom. The van der Waals surface area contributed by atoms with Gasteiger partial charge in [0.25, 0.3) is 0 Å². The second-order valence-electron chi connectivity index (χ2n) is 2.93. The van der Waals surface area contributed by atoms with Crippen LogP contribution in [0.15, 0.2) is 23.8 Å². The van der Waals surface area contributed by atoms with E-state index >= 15 is 0 Å². The van der Waals surface area contributed by atoms with Crippen molar-refractivity contribution < 1.29 is 0 Å². The molecular weight excluding hydrogens is 119 g/mol. The van der Waals surface area contributed by atoms with Crippen LogP contribution in [-0.2, 0) is 0 Å². The van der Waals surface area contributed by atoms with Gasteiger partial charge in [0.15, 0.2) is 0 Å². The van der Waals surface area contributed by atoms with Gasteiger partial charge < -0.3 is 0 Å². The van der Waals surface area contributed by atoms with Gasteiger partial charge in [-0.15, -0.1) is 0 Å². The van der Waals surface area contributed by atoms with Crippen molar-refractivity contribution in [1.29, 1.82) is 0 Å². The molecule has 1 rings (SSSR count). The fraction of sp³-hybridized carbons (Fsp3) is 0.429. The maximum atomic E-state index is 2.29. The summed E-state index contributed by atoms with van der Waals surface area (Å²) in [6.07, 6.45) is 6.64. The summed E-state index contributed by atoms with van der Waals surface area (Å²) < 4.78 is 0. The quantitative estimate of drug-likeness (QED) is 0.424. The van der Waals surface area contributed by atoms with Crippen molar-refractivity contribution in [2.45, 2.75) is 18.9 Å². The van der Waals surface area contributed by atoms with Crippen LogP contribution in [0.4, 0.5) is 0 Å². The van der Waals surface area contributed by atoms with E-state index < -0.39 is 0 Å². The fourth-order valence-corrected chi connectivity index (χ4v) is 1.14. The molecule has 0 N–H and O–H groups in total. The molecule has 1 unspecified atom stereocenters.